The van der Waals surface area contributed by atoms with Crippen molar-refractivity contribution in [2.24, 2.45) is 10.7 Å². The Bertz CT molecular complexity index is 448. The van der Waals surface area contributed by atoms with E-state index in [2.05, 4.69) is 15.0 Å². The number of alkyl halides is 2. The van der Waals surface area contributed by atoms with Gasteiger partial charge in [-0.1, -0.05) is 0 Å². The lowest BCUT2D eigenvalue weighted by atomic mass is 10.4. The standard InChI is InChI=1S/C11H15F2N5S/c12-10(13)8-1-2-15-9(17-8)7-16-11(14)18-3-5-19-6-4-18/h1-2,10H,3-7H2,(H2,14,16). The zero-order valence-electron chi connectivity index (χ0n) is 10.3. The average Bonchev–Trinajstić information content (AvgIpc) is 2.46. The molecule has 1 aromatic heterocycles. The quantitative estimate of drug-likeness (QED) is 0.670. The van der Waals surface area contributed by atoms with Crippen LogP contribution < -0.4 is 5.73 Å². The minimum absolute atomic E-state index is 0.121. The summed E-state index contributed by atoms with van der Waals surface area (Å²) in [5.41, 5.74) is 5.57. The predicted molar refractivity (Wildman–Crippen MR) is 71.2 cm³/mol. The smallest absolute Gasteiger partial charge is 0.280 e. The van der Waals surface area contributed by atoms with E-state index in [1.165, 1.54) is 12.3 Å². The zero-order chi connectivity index (χ0) is 13.7. The molecule has 0 radical (unpaired) electrons. The van der Waals surface area contributed by atoms with Crippen molar-refractivity contribution in [3.63, 3.8) is 0 Å². The molecule has 2 rings (SSSR count). The van der Waals surface area contributed by atoms with Crippen LogP contribution in [0.1, 0.15) is 17.9 Å². The molecule has 104 valence electrons. The second-order valence-corrected chi connectivity index (χ2v) is 5.20. The molecule has 0 aliphatic carbocycles. The summed E-state index contributed by atoms with van der Waals surface area (Å²) in [5, 5.41) is 0. The fourth-order valence-corrected chi connectivity index (χ4v) is 2.56. The van der Waals surface area contributed by atoms with E-state index < -0.39 is 6.43 Å². The van der Waals surface area contributed by atoms with Gasteiger partial charge >= 0.3 is 0 Å². The van der Waals surface area contributed by atoms with E-state index >= 15 is 0 Å². The predicted octanol–water partition coefficient (Wildman–Crippen LogP) is 1.28. The second-order valence-electron chi connectivity index (χ2n) is 3.97. The maximum absolute atomic E-state index is 12.5. The molecule has 0 aromatic carbocycles. The van der Waals surface area contributed by atoms with E-state index in [4.69, 9.17) is 5.73 Å². The largest absolute Gasteiger partial charge is 0.370 e. The highest BCUT2D eigenvalue weighted by molar-refractivity contribution is 7.99. The summed E-state index contributed by atoms with van der Waals surface area (Å²) in [6.07, 6.45) is -1.28. The van der Waals surface area contributed by atoms with Crippen molar-refractivity contribution in [2.75, 3.05) is 24.6 Å². The Labute approximate surface area is 114 Å². The van der Waals surface area contributed by atoms with Crippen LogP contribution in [0, 0.1) is 0 Å². The van der Waals surface area contributed by atoms with Gasteiger partial charge in [0.1, 0.15) is 18.1 Å². The topological polar surface area (TPSA) is 67.4 Å². The first-order valence-corrected chi connectivity index (χ1v) is 7.05. The third kappa shape index (κ3) is 4.02. The SMILES string of the molecule is NC(=NCc1nccc(C(F)F)n1)N1CCSCC1. The molecule has 19 heavy (non-hydrogen) atoms. The van der Waals surface area contributed by atoms with Gasteiger partial charge in [0.2, 0.25) is 0 Å². The fraction of sp³-hybridized carbons (Fsp3) is 0.545. The Hall–Kier alpha value is -1.44. The van der Waals surface area contributed by atoms with Gasteiger partial charge < -0.3 is 10.6 Å². The number of nitrogens with zero attached hydrogens (tertiary/aromatic N) is 4. The molecule has 0 spiro atoms. The van der Waals surface area contributed by atoms with Gasteiger partial charge in [0.25, 0.3) is 6.43 Å². The van der Waals surface area contributed by atoms with Crippen LogP contribution in [-0.2, 0) is 6.54 Å². The highest BCUT2D eigenvalue weighted by atomic mass is 32.2. The van der Waals surface area contributed by atoms with Crippen LogP contribution in [-0.4, -0.2) is 45.4 Å². The number of nitrogens with two attached hydrogens (primary N) is 1. The Kier molecular flexibility index (Phi) is 4.89. The van der Waals surface area contributed by atoms with Crippen molar-refractivity contribution < 1.29 is 8.78 Å². The molecule has 2 heterocycles. The van der Waals surface area contributed by atoms with E-state index in [9.17, 15) is 8.78 Å². The summed E-state index contributed by atoms with van der Waals surface area (Å²) in [6.45, 7) is 1.84. The molecule has 0 bridgehead atoms. The second kappa shape index (κ2) is 6.65. The minimum atomic E-state index is -2.60. The van der Waals surface area contributed by atoms with E-state index in [0.717, 1.165) is 24.6 Å². The fourth-order valence-electron chi connectivity index (χ4n) is 1.66. The van der Waals surface area contributed by atoms with Crippen LogP contribution in [0.25, 0.3) is 0 Å². The van der Waals surface area contributed by atoms with Crippen LogP contribution in [0.15, 0.2) is 17.3 Å². The van der Waals surface area contributed by atoms with E-state index in [-0.39, 0.29) is 18.1 Å². The zero-order valence-corrected chi connectivity index (χ0v) is 11.1. The molecule has 5 nitrogen and oxygen atoms in total. The van der Waals surface area contributed by atoms with Crippen molar-refractivity contribution in [1.29, 1.82) is 0 Å². The summed E-state index contributed by atoms with van der Waals surface area (Å²) in [6, 6.07) is 1.20. The lowest BCUT2D eigenvalue weighted by molar-refractivity contribution is 0.145. The van der Waals surface area contributed by atoms with Gasteiger partial charge in [-0.2, -0.15) is 11.8 Å². The van der Waals surface area contributed by atoms with Gasteiger partial charge in [0.15, 0.2) is 5.96 Å². The number of hydrogen-bond donors (Lipinski definition) is 1. The third-order valence-electron chi connectivity index (χ3n) is 2.67. The summed E-state index contributed by atoms with van der Waals surface area (Å²) in [5.74, 6) is 2.72. The lowest BCUT2D eigenvalue weighted by Gasteiger charge is -2.27. The maximum Gasteiger partial charge on any atom is 0.280 e. The van der Waals surface area contributed by atoms with Crippen LogP contribution in [0.5, 0.6) is 0 Å². The maximum atomic E-state index is 12.5. The average molecular weight is 287 g/mol. The van der Waals surface area contributed by atoms with Gasteiger partial charge in [-0.15, -0.1) is 0 Å². The first kappa shape index (κ1) is 14.0. The van der Waals surface area contributed by atoms with E-state index in [1.54, 1.807) is 0 Å². The number of thioether (sulfide) groups is 1. The van der Waals surface area contributed by atoms with Crippen LogP contribution in [0.3, 0.4) is 0 Å². The van der Waals surface area contributed by atoms with Crippen molar-refractivity contribution in [3.8, 4) is 0 Å². The Morgan fingerprint density at radius 1 is 1.47 bits per heavy atom. The van der Waals surface area contributed by atoms with Crippen molar-refractivity contribution in [1.82, 2.24) is 14.9 Å². The molecule has 0 unspecified atom stereocenters. The number of aromatic nitrogens is 2. The normalized spacial score (nSPS) is 17.0. The van der Waals surface area contributed by atoms with Crippen LogP contribution >= 0.6 is 11.8 Å². The van der Waals surface area contributed by atoms with Crippen molar-refractivity contribution in [2.45, 2.75) is 13.0 Å². The summed E-state index contributed by atoms with van der Waals surface area (Å²) >= 11 is 1.88. The lowest BCUT2D eigenvalue weighted by Crippen LogP contribution is -2.42. The molecule has 1 aliphatic heterocycles. The van der Waals surface area contributed by atoms with Gasteiger partial charge in [0.05, 0.1) is 0 Å². The minimum Gasteiger partial charge on any atom is -0.370 e. The molecule has 0 atom stereocenters. The molecule has 1 aromatic rings. The summed E-state index contributed by atoms with van der Waals surface area (Å²) in [7, 11) is 0. The van der Waals surface area contributed by atoms with Crippen molar-refractivity contribution >= 4 is 17.7 Å². The molecule has 2 N–H and O–H groups in total. The van der Waals surface area contributed by atoms with Crippen molar-refractivity contribution in [3.05, 3.63) is 23.8 Å². The third-order valence-corrected chi connectivity index (χ3v) is 3.61. The highest BCUT2D eigenvalue weighted by Crippen LogP contribution is 2.15. The number of rotatable bonds is 3. The number of aliphatic imine (C=N–C) groups is 1. The molecule has 1 aliphatic rings. The number of halogens is 2. The summed E-state index contributed by atoms with van der Waals surface area (Å²) in [4.78, 5) is 13.8. The Balaban J connectivity index is 1.98. The van der Waals surface area contributed by atoms with Gasteiger partial charge in [-0.05, 0) is 6.07 Å². The molecule has 1 fully saturated rings. The monoisotopic (exact) mass is 287 g/mol. The van der Waals surface area contributed by atoms with Crippen LogP contribution in [0.2, 0.25) is 0 Å². The Morgan fingerprint density at radius 2 is 2.21 bits per heavy atom. The summed E-state index contributed by atoms with van der Waals surface area (Å²) < 4.78 is 25.0. The molecular weight excluding hydrogens is 272 g/mol. The molecule has 0 saturated carbocycles. The van der Waals surface area contributed by atoms with E-state index in [0.29, 0.717) is 5.96 Å². The highest BCUT2D eigenvalue weighted by Gasteiger charge is 2.13. The van der Waals surface area contributed by atoms with Gasteiger partial charge in [-0.3, -0.25) is 0 Å². The molecular formula is C11H15F2N5S. The van der Waals surface area contributed by atoms with E-state index in [1.807, 2.05) is 16.7 Å². The molecule has 1 saturated heterocycles. The Morgan fingerprint density at radius 3 is 2.89 bits per heavy atom. The number of guanidine groups is 1. The molecule has 8 heteroatoms. The first-order valence-electron chi connectivity index (χ1n) is 5.89. The molecule has 0 amide bonds. The van der Waals surface area contributed by atoms with Crippen LogP contribution in [0.4, 0.5) is 8.78 Å². The van der Waals surface area contributed by atoms with Gasteiger partial charge in [0, 0.05) is 30.8 Å². The first-order chi connectivity index (χ1) is 9.16. The number of hydrogen-bond acceptors (Lipinski definition) is 4. The van der Waals surface area contributed by atoms with Gasteiger partial charge in [-0.25, -0.2) is 23.7 Å².